The summed E-state index contributed by atoms with van der Waals surface area (Å²) >= 11 is 0. The van der Waals surface area contributed by atoms with E-state index in [2.05, 4.69) is 30.2 Å². The van der Waals surface area contributed by atoms with Crippen molar-refractivity contribution in [3.05, 3.63) is 66.7 Å². The molecule has 0 spiro atoms. The molecule has 0 radical (unpaired) electrons. The molecule has 1 aromatic carbocycles. The number of fused-ring (bicyclic) bond motifs is 1. The lowest BCUT2D eigenvalue weighted by Crippen LogP contribution is -2.45. The van der Waals surface area contributed by atoms with Crippen molar-refractivity contribution >= 4 is 23.1 Å². The number of H-pyrrole nitrogens is 1. The number of piperidine rings is 1. The van der Waals surface area contributed by atoms with Crippen LogP contribution in [0.4, 0.5) is 10.6 Å². The van der Waals surface area contributed by atoms with Crippen molar-refractivity contribution in [1.29, 1.82) is 0 Å². The molecule has 1 fully saturated rings. The topological polar surface area (TPSA) is 109 Å². The van der Waals surface area contributed by atoms with E-state index in [0.29, 0.717) is 30.3 Å². The highest BCUT2D eigenvalue weighted by Crippen LogP contribution is 2.25. The quantitative estimate of drug-likeness (QED) is 0.499. The number of anilines is 1. The van der Waals surface area contributed by atoms with Crippen LogP contribution in [0.2, 0.25) is 0 Å². The van der Waals surface area contributed by atoms with Gasteiger partial charge in [0.15, 0.2) is 11.5 Å². The zero-order valence-electron chi connectivity index (χ0n) is 17.4. The Hall–Kier alpha value is -4.01. The second-order valence-corrected chi connectivity index (χ2v) is 7.69. The van der Waals surface area contributed by atoms with Crippen molar-refractivity contribution in [3.8, 4) is 11.4 Å². The monoisotopic (exact) mass is 429 g/mol. The lowest BCUT2D eigenvalue weighted by Gasteiger charge is -2.33. The van der Waals surface area contributed by atoms with Crippen LogP contribution >= 0.6 is 0 Å². The Labute approximate surface area is 184 Å². The third-order valence-electron chi connectivity index (χ3n) is 5.43. The Kier molecular flexibility index (Phi) is 5.61. The number of aromatic nitrogens is 5. The van der Waals surface area contributed by atoms with Gasteiger partial charge in [0.1, 0.15) is 23.5 Å². The standard InChI is InChI=1S/C23H23N7O2/c31-23(32-15-16-5-2-1-3-6-16)30-12-4-7-17(14-30)28-22-20(24-10-11-26-22)19-13-27-21-18(29-19)8-9-25-21/h1-3,5-6,8-11,13,17H,4,7,12,14-15H2,(H,25,27)(H,26,28)/t17-/m0/s1. The summed E-state index contributed by atoms with van der Waals surface area (Å²) in [5, 5.41) is 3.45. The number of carbonyl (C=O) groups excluding carboxylic acids is 1. The fourth-order valence-corrected chi connectivity index (χ4v) is 3.84. The largest absolute Gasteiger partial charge is 0.445 e. The highest BCUT2D eigenvalue weighted by Gasteiger charge is 2.26. The SMILES string of the molecule is O=C(OCc1ccccc1)N1CCC[C@H](Nc2nccnc2-c2cnc3[nH]ccc3n2)C1. The van der Waals surface area contributed by atoms with Crippen LogP contribution in [0.15, 0.2) is 61.2 Å². The summed E-state index contributed by atoms with van der Waals surface area (Å²) in [6.07, 6.45) is 8.26. The minimum Gasteiger partial charge on any atom is -0.445 e. The molecule has 1 aliphatic heterocycles. The molecule has 5 rings (SSSR count). The summed E-state index contributed by atoms with van der Waals surface area (Å²) in [5.41, 5.74) is 3.74. The molecule has 9 nitrogen and oxygen atoms in total. The van der Waals surface area contributed by atoms with Crippen molar-refractivity contribution in [1.82, 2.24) is 29.8 Å². The number of likely N-dealkylation sites (tertiary alicyclic amines) is 1. The maximum atomic E-state index is 12.6. The highest BCUT2D eigenvalue weighted by atomic mass is 16.6. The Morgan fingerprint density at radius 2 is 2.03 bits per heavy atom. The van der Waals surface area contributed by atoms with Gasteiger partial charge >= 0.3 is 6.09 Å². The summed E-state index contributed by atoms with van der Waals surface area (Å²) in [4.78, 5) is 35.4. The molecule has 162 valence electrons. The minimum absolute atomic E-state index is 0.0347. The number of aromatic amines is 1. The number of nitrogens with one attached hydrogen (secondary N) is 2. The number of hydrogen-bond acceptors (Lipinski definition) is 7. The van der Waals surface area contributed by atoms with Crippen LogP contribution in [0.25, 0.3) is 22.6 Å². The molecule has 32 heavy (non-hydrogen) atoms. The van der Waals surface area contributed by atoms with Gasteiger partial charge in [0.25, 0.3) is 0 Å². The van der Waals surface area contributed by atoms with Crippen molar-refractivity contribution in [2.45, 2.75) is 25.5 Å². The first-order chi connectivity index (χ1) is 15.8. The molecule has 4 heterocycles. The third-order valence-corrected chi connectivity index (χ3v) is 5.43. The van der Waals surface area contributed by atoms with Gasteiger partial charge in [-0.05, 0) is 24.5 Å². The maximum absolute atomic E-state index is 12.6. The fraction of sp³-hybridized carbons (Fsp3) is 0.261. The van der Waals surface area contributed by atoms with Crippen LogP contribution in [0.3, 0.4) is 0 Å². The zero-order valence-corrected chi connectivity index (χ0v) is 17.4. The Bertz CT molecular complexity index is 1210. The van der Waals surface area contributed by atoms with Gasteiger partial charge in [-0.3, -0.25) is 0 Å². The van der Waals surface area contributed by atoms with Crippen molar-refractivity contribution in [2.24, 2.45) is 0 Å². The summed E-state index contributed by atoms with van der Waals surface area (Å²) in [6.45, 7) is 1.48. The lowest BCUT2D eigenvalue weighted by atomic mass is 10.1. The molecular weight excluding hydrogens is 406 g/mol. The van der Waals surface area contributed by atoms with E-state index in [1.54, 1.807) is 29.7 Å². The summed E-state index contributed by atoms with van der Waals surface area (Å²) in [5.74, 6) is 0.626. The molecule has 0 unspecified atom stereocenters. The number of benzene rings is 1. The lowest BCUT2D eigenvalue weighted by molar-refractivity contribution is 0.0874. The molecule has 0 aliphatic carbocycles. The molecule has 2 N–H and O–H groups in total. The first-order valence-electron chi connectivity index (χ1n) is 10.6. The number of ether oxygens (including phenoxy) is 1. The Morgan fingerprint density at radius 1 is 1.16 bits per heavy atom. The highest BCUT2D eigenvalue weighted by molar-refractivity contribution is 5.76. The van der Waals surface area contributed by atoms with Crippen LogP contribution in [0.5, 0.6) is 0 Å². The van der Waals surface area contributed by atoms with Crippen molar-refractivity contribution in [3.63, 3.8) is 0 Å². The Morgan fingerprint density at radius 3 is 2.94 bits per heavy atom. The summed E-state index contributed by atoms with van der Waals surface area (Å²) < 4.78 is 5.50. The second-order valence-electron chi connectivity index (χ2n) is 7.69. The van der Waals surface area contributed by atoms with Crippen LogP contribution in [-0.2, 0) is 11.3 Å². The van der Waals surface area contributed by atoms with Gasteiger partial charge in [-0.25, -0.2) is 24.7 Å². The summed E-state index contributed by atoms with van der Waals surface area (Å²) in [7, 11) is 0. The molecule has 3 aromatic heterocycles. The van der Waals surface area contributed by atoms with Gasteiger partial charge in [-0.1, -0.05) is 30.3 Å². The van der Waals surface area contributed by atoms with E-state index in [1.807, 2.05) is 36.4 Å². The van der Waals surface area contributed by atoms with Crippen LogP contribution < -0.4 is 5.32 Å². The first kappa shape index (κ1) is 19.9. The second kappa shape index (κ2) is 9.01. The molecule has 0 saturated carbocycles. The fourth-order valence-electron chi connectivity index (χ4n) is 3.84. The molecule has 1 atom stereocenters. The Balaban J connectivity index is 1.26. The van der Waals surface area contributed by atoms with Gasteiger partial charge in [0.05, 0.1) is 6.20 Å². The van der Waals surface area contributed by atoms with E-state index in [9.17, 15) is 4.79 Å². The van der Waals surface area contributed by atoms with Gasteiger partial charge in [0, 0.05) is 37.7 Å². The van der Waals surface area contributed by atoms with Crippen molar-refractivity contribution in [2.75, 3.05) is 18.4 Å². The minimum atomic E-state index is -0.302. The van der Waals surface area contributed by atoms with Gasteiger partial charge < -0.3 is 19.9 Å². The molecule has 4 aromatic rings. The maximum Gasteiger partial charge on any atom is 0.410 e. The van der Waals surface area contributed by atoms with Gasteiger partial charge in [0.2, 0.25) is 0 Å². The average molecular weight is 429 g/mol. The normalized spacial score (nSPS) is 16.1. The van der Waals surface area contributed by atoms with E-state index in [1.165, 1.54) is 0 Å². The summed E-state index contributed by atoms with van der Waals surface area (Å²) in [6, 6.07) is 11.6. The molecule has 0 bridgehead atoms. The molecule has 1 aliphatic rings. The van der Waals surface area contributed by atoms with Gasteiger partial charge in [-0.2, -0.15) is 0 Å². The number of hydrogen-bond donors (Lipinski definition) is 2. The van der Waals surface area contributed by atoms with Crippen LogP contribution in [0.1, 0.15) is 18.4 Å². The number of carbonyl (C=O) groups is 1. The van der Waals surface area contributed by atoms with E-state index in [4.69, 9.17) is 4.74 Å². The van der Waals surface area contributed by atoms with Gasteiger partial charge in [-0.15, -0.1) is 0 Å². The predicted molar refractivity (Wildman–Crippen MR) is 120 cm³/mol. The number of nitrogens with zero attached hydrogens (tertiary/aromatic N) is 5. The van der Waals surface area contributed by atoms with E-state index < -0.39 is 0 Å². The molecule has 1 saturated heterocycles. The predicted octanol–water partition coefficient (Wildman–Crippen LogP) is 3.63. The van der Waals surface area contributed by atoms with E-state index in [0.717, 1.165) is 29.6 Å². The van der Waals surface area contributed by atoms with E-state index >= 15 is 0 Å². The smallest absolute Gasteiger partial charge is 0.410 e. The number of rotatable bonds is 5. The van der Waals surface area contributed by atoms with Crippen molar-refractivity contribution < 1.29 is 9.53 Å². The first-order valence-corrected chi connectivity index (χ1v) is 10.6. The van der Waals surface area contributed by atoms with E-state index in [-0.39, 0.29) is 18.7 Å². The van der Waals surface area contributed by atoms with Crippen LogP contribution in [0, 0.1) is 0 Å². The molecular formula is C23H23N7O2. The molecule has 1 amide bonds. The van der Waals surface area contributed by atoms with Crippen LogP contribution in [-0.4, -0.2) is 55.0 Å². The zero-order chi connectivity index (χ0) is 21.8. The average Bonchev–Trinajstić information content (AvgIpc) is 3.32. The number of amides is 1. The third kappa shape index (κ3) is 4.36. The molecule has 9 heteroatoms.